The largest absolute Gasteiger partial charge is 0.207 e. The van der Waals surface area contributed by atoms with Gasteiger partial charge in [-0.25, -0.2) is 4.39 Å². The fourth-order valence-electron chi connectivity index (χ4n) is 6.19. The smallest absolute Gasteiger partial charge is 0.126 e. The number of benzene rings is 1. The summed E-state index contributed by atoms with van der Waals surface area (Å²) in [7, 11) is 0. The molecular formula is C31H49F. The molecule has 1 heteroatoms. The van der Waals surface area contributed by atoms with E-state index in [0.29, 0.717) is 0 Å². The Morgan fingerprint density at radius 2 is 1.56 bits per heavy atom. The summed E-state index contributed by atoms with van der Waals surface area (Å²) < 4.78 is 14.5. The Morgan fingerprint density at radius 3 is 2.25 bits per heavy atom. The first-order valence-electron chi connectivity index (χ1n) is 14.1. The Morgan fingerprint density at radius 1 is 0.781 bits per heavy atom. The number of aryl methyl sites for hydroxylation is 2. The molecule has 1 atom stereocenters. The molecule has 0 amide bonds. The summed E-state index contributed by atoms with van der Waals surface area (Å²) >= 11 is 0. The lowest BCUT2D eigenvalue weighted by Gasteiger charge is -2.35. The molecule has 3 rings (SSSR count). The molecule has 180 valence electrons. The van der Waals surface area contributed by atoms with Crippen LogP contribution in [0.15, 0.2) is 29.8 Å². The van der Waals surface area contributed by atoms with Gasteiger partial charge < -0.3 is 0 Å². The molecule has 1 aromatic rings. The standard InChI is InChI=1S/C31H49F/c1-3-5-7-9-11-30-23-18-27(24-31(30)32)13-12-26-16-21-29(22-17-26)28-19-14-25(15-20-28)10-8-6-4-2/h16,18,23-25,28-29H,3-15,17,19-22H2,1-2H3. The number of unbranched alkanes of at least 4 members (excludes halogenated alkanes) is 5. The minimum atomic E-state index is 0.0157. The highest BCUT2D eigenvalue weighted by molar-refractivity contribution is 5.25. The van der Waals surface area contributed by atoms with Crippen LogP contribution >= 0.6 is 0 Å². The third-order valence-electron chi connectivity index (χ3n) is 8.47. The Hall–Kier alpha value is -1.11. The van der Waals surface area contributed by atoms with Gasteiger partial charge in [0.1, 0.15) is 5.82 Å². The van der Waals surface area contributed by atoms with Gasteiger partial charge in [-0.15, -0.1) is 0 Å². The predicted octanol–water partition coefficient (Wildman–Crippen LogP) is 9.99. The van der Waals surface area contributed by atoms with E-state index in [-0.39, 0.29) is 5.82 Å². The van der Waals surface area contributed by atoms with Crippen LogP contribution in [0, 0.1) is 23.6 Å². The first-order chi connectivity index (χ1) is 15.7. The minimum absolute atomic E-state index is 0.0157. The molecule has 0 N–H and O–H groups in total. The molecular weight excluding hydrogens is 391 g/mol. The van der Waals surface area contributed by atoms with Gasteiger partial charge in [-0.2, -0.15) is 0 Å². The van der Waals surface area contributed by atoms with Gasteiger partial charge in [-0.3, -0.25) is 0 Å². The van der Waals surface area contributed by atoms with Crippen molar-refractivity contribution in [2.24, 2.45) is 17.8 Å². The van der Waals surface area contributed by atoms with Crippen molar-refractivity contribution in [1.29, 1.82) is 0 Å². The number of hydrogen-bond acceptors (Lipinski definition) is 0. The van der Waals surface area contributed by atoms with E-state index in [2.05, 4.69) is 26.0 Å². The molecule has 2 aliphatic carbocycles. The van der Waals surface area contributed by atoms with E-state index in [1.807, 2.05) is 6.07 Å². The molecule has 0 heterocycles. The highest BCUT2D eigenvalue weighted by Gasteiger charge is 2.28. The molecule has 32 heavy (non-hydrogen) atoms. The van der Waals surface area contributed by atoms with Gasteiger partial charge in [-0.1, -0.05) is 95.4 Å². The van der Waals surface area contributed by atoms with E-state index in [9.17, 15) is 4.39 Å². The zero-order valence-corrected chi connectivity index (χ0v) is 21.1. The van der Waals surface area contributed by atoms with Crippen molar-refractivity contribution in [3.8, 4) is 0 Å². The number of hydrogen-bond donors (Lipinski definition) is 0. The van der Waals surface area contributed by atoms with E-state index in [1.54, 1.807) is 11.6 Å². The summed E-state index contributed by atoms with van der Waals surface area (Å²) in [6.07, 6.45) is 26.0. The summed E-state index contributed by atoms with van der Waals surface area (Å²) in [5, 5.41) is 0. The highest BCUT2D eigenvalue weighted by atomic mass is 19.1. The first kappa shape index (κ1) is 25.5. The van der Waals surface area contributed by atoms with Crippen LogP contribution in [0.4, 0.5) is 4.39 Å². The fraction of sp³-hybridized carbons (Fsp3) is 0.742. The van der Waals surface area contributed by atoms with Gasteiger partial charge >= 0.3 is 0 Å². The van der Waals surface area contributed by atoms with Gasteiger partial charge in [0.15, 0.2) is 0 Å². The summed E-state index contributed by atoms with van der Waals surface area (Å²) in [6.45, 7) is 4.53. The molecule has 0 nitrogen and oxygen atoms in total. The van der Waals surface area contributed by atoms with Crippen LogP contribution < -0.4 is 0 Å². The second-order valence-electron chi connectivity index (χ2n) is 10.9. The van der Waals surface area contributed by atoms with E-state index in [4.69, 9.17) is 0 Å². The lowest BCUT2D eigenvalue weighted by atomic mass is 9.70. The van der Waals surface area contributed by atoms with Crippen LogP contribution in [0.5, 0.6) is 0 Å². The normalized spacial score (nSPS) is 23.8. The lowest BCUT2D eigenvalue weighted by molar-refractivity contribution is 0.185. The average Bonchev–Trinajstić information content (AvgIpc) is 2.82. The molecule has 2 aliphatic rings. The van der Waals surface area contributed by atoms with E-state index in [0.717, 1.165) is 49.0 Å². The van der Waals surface area contributed by atoms with Crippen molar-refractivity contribution < 1.29 is 4.39 Å². The van der Waals surface area contributed by atoms with Crippen molar-refractivity contribution in [3.05, 3.63) is 46.8 Å². The Bertz CT molecular complexity index is 680. The average molecular weight is 441 g/mol. The van der Waals surface area contributed by atoms with Gasteiger partial charge in [-0.05, 0) is 92.7 Å². The van der Waals surface area contributed by atoms with Gasteiger partial charge in [0.2, 0.25) is 0 Å². The van der Waals surface area contributed by atoms with Crippen molar-refractivity contribution >= 4 is 0 Å². The quantitative estimate of drug-likeness (QED) is 0.211. The Labute approximate surface area is 198 Å². The van der Waals surface area contributed by atoms with Crippen LogP contribution in [0.1, 0.15) is 128 Å². The van der Waals surface area contributed by atoms with E-state index >= 15 is 0 Å². The third kappa shape index (κ3) is 8.35. The van der Waals surface area contributed by atoms with Crippen molar-refractivity contribution in [3.63, 3.8) is 0 Å². The van der Waals surface area contributed by atoms with Crippen LogP contribution in [-0.2, 0) is 12.8 Å². The fourth-order valence-corrected chi connectivity index (χ4v) is 6.19. The highest BCUT2D eigenvalue weighted by Crippen LogP contribution is 2.41. The Balaban J connectivity index is 1.36. The van der Waals surface area contributed by atoms with Gasteiger partial charge in [0, 0.05) is 0 Å². The maximum atomic E-state index is 14.5. The van der Waals surface area contributed by atoms with Crippen molar-refractivity contribution in [2.45, 2.75) is 129 Å². The third-order valence-corrected chi connectivity index (χ3v) is 8.47. The Kier molecular flexibility index (Phi) is 11.3. The summed E-state index contributed by atoms with van der Waals surface area (Å²) in [5.41, 5.74) is 3.70. The minimum Gasteiger partial charge on any atom is -0.207 e. The molecule has 1 aromatic carbocycles. The topological polar surface area (TPSA) is 0 Å². The summed E-state index contributed by atoms with van der Waals surface area (Å²) in [4.78, 5) is 0. The monoisotopic (exact) mass is 440 g/mol. The molecule has 0 radical (unpaired) electrons. The van der Waals surface area contributed by atoms with E-state index in [1.165, 1.54) is 95.5 Å². The summed E-state index contributed by atoms with van der Waals surface area (Å²) in [6, 6.07) is 6.02. The second-order valence-corrected chi connectivity index (χ2v) is 10.9. The molecule has 1 fully saturated rings. The predicted molar refractivity (Wildman–Crippen MR) is 138 cm³/mol. The summed E-state index contributed by atoms with van der Waals surface area (Å²) in [5.74, 6) is 2.95. The van der Waals surface area contributed by atoms with Crippen LogP contribution in [-0.4, -0.2) is 0 Å². The number of rotatable bonds is 13. The van der Waals surface area contributed by atoms with Crippen molar-refractivity contribution in [1.82, 2.24) is 0 Å². The molecule has 1 saturated carbocycles. The molecule has 0 bridgehead atoms. The van der Waals surface area contributed by atoms with Crippen molar-refractivity contribution in [2.75, 3.05) is 0 Å². The van der Waals surface area contributed by atoms with Gasteiger partial charge in [0.25, 0.3) is 0 Å². The maximum Gasteiger partial charge on any atom is 0.126 e. The molecule has 0 spiro atoms. The molecule has 1 unspecified atom stereocenters. The first-order valence-corrected chi connectivity index (χ1v) is 14.1. The van der Waals surface area contributed by atoms with E-state index < -0.39 is 0 Å². The van der Waals surface area contributed by atoms with Crippen LogP contribution in [0.2, 0.25) is 0 Å². The SMILES string of the molecule is CCCCCCc1ccc(CCC2=CCC(C3CCC(CCCCC)CC3)CC2)cc1F. The molecule has 0 saturated heterocycles. The second kappa shape index (κ2) is 14.2. The molecule has 0 aromatic heterocycles. The molecule has 0 aliphatic heterocycles. The maximum absolute atomic E-state index is 14.5. The zero-order valence-electron chi connectivity index (χ0n) is 21.1. The zero-order chi connectivity index (χ0) is 22.6. The van der Waals surface area contributed by atoms with Gasteiger partial charge in [0.05, 0.1) is 0 Å². The lowest BCUT2D eigenvalue weighted by Crippen LogP contribution is -2.23. The number of allylic oxidation sites excluding steroid dienone is 2. The number of halogens is 1. The van der Waals surface area contributed by atoms with Crippen LogP contribution in [0.25, 0.3) is 0 Å². The van der Waals surface area contributed by atoms with Crippen LogP contribution in [0.3, 0.4) is 0 Å².